The Morgan fingerprint density at radius 2 is 2.25 bits per heavy atom. The Bertz CT molecular complexity index is 291. The molecule has 0 aliphatic carbocycles. The lowest BCUT2D eigenvalue weighted by molar-refractivity contribution is -0.643. The molecule has 2 N–H and O–H groups in total. The third kappa shape index (κ3) is 2.12. The molecule has 2 nitrogen and oxygen atoms in total. The molecule has 0 radical (unpaired) electrons. The summed E-state index contributed by atoms with van der Waals surface area (Å²) in [4.78, 5) is 0. The van der Waals surface area contributed by atoms with Gasteiger partial charge in [0.2, 0.25) is 0 Å². The molecule has 0 amide bonds. The predicted octanol–water partition coefficient (Wildman–Crippen LogP) is 0.869. The molecule has 1 aromatic carbocycles. The summed E-state index contributed by atoms with van der Waals surface area (Å²) in [5.41, 5.74) is 0.733. The Hall–Kier alpha value is -0.250. The maximum atomic E-state index is 11.4. The maximum Gasteiger partial charge on any atom is 0.101 e. The SMILES string of the molecule is C[NH2+]Cc1cc(Cl)cc(Br)c1[O-]. The van der Waals surface area contributed by atoms with Crippen LogP contribution in [-0.2, 0) is 6.54 Å². The molecule has 0 aliphatic heterocycles. The summed E-state index contributed by atoms with van der Waals surface area (Å²) in [6.45, 7) is 0.665. The highest BCUT2D eigenvalue weighted by Gasteiger charge is 2.00. The van der Waals surface area contributed by atoms with E-state index in [1.165, 1.54) is 0 Å². The molecular formula is C8H9BrClNO. The van der Waals surface area contributed by atoms with E-state index in [2.05, 4.69) is 15.9 Å². The van der Waals surface area contributed by atoms with Gasteiger partial charge in [0, 0.05) is 15.1 Å². The number of rotatable bonds is 2. The van der Waals surface area contributed by atoms with Crippen LogP contribution in [0.3, 0.4) is 0 Å². The standard InChI is InChI=1S/C8H9BrClNO/c1-11-4-5-2-6(10)3-7(9)8(5)12/h2-3,11-12H,4H2,1H3. The average Bonchev–Trinajstić information content (AvgIpc) is 2.00. The molecular weight excluding hydrogens is 241 g/mol. The third-order valence-corrected chi connectivity index (χ3v) is 2.32. The van der Waals surface area contributed by atoms with Crippen molar-refractivity contribution >= 4 is 27.5 Å². The van der Waals surface area contributed by atoms with E-state index in [9.17, 15) is 5.11 Å². The van der Waals surface area contributed by atoms with E-state index in [0.717, 1.165) is 5.56 Å². The molecule has 4 heteroatoms. The topological polar surface area (TPSA) is 39.7 Å². The fourth-order valence-electron chi connectivity index (χ4n) is 0.985. The normalized spacial score (nSPS) is 10.2. The Labute approximate surface area is 84.7 Å². The van der Waals surface area contributed by atoms with Crippen molar-refractivity contribution in [3.63, 3.8) is 0 Å². The van der Waals surface area contributed by atoms with Crippen LogP contribution in [0.2, 0.25) is 5.02 Å². The van der Waals surface area contributed by atoms with Crippen LogP contribution in [0.4, 0.5) is 0 Å². The first-order valence-electron chi connectivity index (χ1n) is 3.58. The first kappa shape index (κ1) is 9.84. The molecule has 12 heavy (non-hydrogen) atoms. The predicted molar refractivity (Wildman–Crippen MR) is 50.2 cm³/mol. The van der Waals surface area contributed by atoms with Crippen LogP contribution in [0.25, 0.3) is 0 Å². The molecule has 0 aliphatic rings. The van der Waals surface area contributed by atoms with E-state index in [0.29, 0.717) is 16.0 Å². The van der Waals surface area contributed by atoms with Crippen molar-refractivity contribution in [3.05, 3.63) is 27.2 Å². The second-order valence-corrected chi connectivity index (χ2v) is 3.78. The molecule has 0 saturated carbocycles. The van der Waals surface area contributed by atoms with Crippen molar-refractivity contribution < 1.29 is 10.4 Å². The summed E-state index contributed by atoms with van der Waals surface area (Å²) in [6, 6.07) is 3.32. The van der Waals surface area contributed by atoms with Gasteiger partial charge in [0.1, 0.15) is 6.54 Å². The minimum Gasteiger partial charge on any atom is -0.871 e. The van der Waals surface area contributed by atoms with Gasteiger partial charge in [0.25, 0.3) is 0 Å². The minimum absolute atomic E-state index is 0.0255. The highest BCUT2D eigenvalue weighted by atomic mass is 79.9. The zero-order valence-corrected chi connectivity index (χ0v) is 8.95. The number of nitrogens with two attached hydrogens (primary N) is 1. The van der Waals surface area contributed by atoms with Gasteiger partial charge in [-0.1, -0.05) is 33.3 Å². The van der Waals surface area contributed by atoms with E-state index in [1.54, 1.807) is 12.1 Å². The Morgan fingerprint density at radius 1 is 1.58 bits per heavy atom. The molecule has 0 unspecified atom stereocenters. The van der Waals surface area contributed by atoms with Crippen LogP contribution < -0.4 is 10.4 Å². The lowest BCUT2D eigenvalue weighted by atomic mass is 10.2. The lowest BCUT2D eigenvalue weighted by Gasteiger charge is -2.14. The summed E-state index contributed by atoms with van der Waals surface area (Å²) in [6.07, 6.45) is 0. The van der Waals surface area contributed by atoms with Crippen LogP contribution in [-0.4, -0.2) is 7.05 Å². The van der Waals surface area contributed by atoms with Gasteiger partial charge in [-0.15, -0.1) is 0 Å². The van der Waals surface area contributed by atoms with E-state index in [1.807, 2.05) is 12.4 Å². The van der Waals surface area contributed by atoms with Gasteiger partial charge in [-0.05, 0) is 12.1 Å². The number of hydrogen-bond donors (Lipinski definition) is 1. The number of quaternary nitrogens is 1. The molecule has 1 aromatic rings. The van der Waals surface area contributed by atoms with Crippen LogP contribution in [0, 0.1) is 0 Å². The fourth-order valence-corrected chi connectivity index (χ4v) is 1.86. The smallest absolute Gasteiger partial charge is 0.101 e. The second-order valence-electron chi connectivity index (χ2n) is 2.49. The monoisotopic (exact) mass is 249 g/mol. The summed E-state index contributed by atoms with van der Waals surface area (Å²) in [7, 11) is 1.91. The number of benzene rings is 1. The Balaban J connectivity index is 3.09. The largest absolute Gasteiger partial charge is 0.871 e. The molecule has 0 atom stereocenters. The summed E-state index contributed by atoms with van der Waals surface area (Å²) < 4.78 is 0.534. The molecule has 0 spiro atoms. The summed E-state index contributed by atoms with van der Waals surface area (Å²) in [5.74, 6) is 0.0255. The first-order valence-corrected chi connectivity index (χ1v) is 4.75. The highest BCUT2D eigenvalue weighted by molar-refractivity contribution is 9.10. The molecule has 0 heterocycles. The third-order valence-electron chi connectivity index (χ3n) is 1.51. The van der Waals surface area contributed by atoms with Crippen LogP contribution in [0.1, 0.15) is 5.56 Å². The zero-order valence-electron chi connectivity index (χ0n) is 6.60. The second kappa shape index (κ2) is 4.12. The number of halogens is 2. The van der Waals surface area contributed by atoms with Gasteiger partial charge < -0.3 is 10.4 Å². The van der Waals surface area contributed by atoms with Gasteiger partial charge >= 0.3 is 0 Å². The van der Waals surface area contributed by atoms with Crippen LogP contribution >= 0.6 is 27.5 Å². The summed E-state index contributed by atoms with van der Waals surface area (Å²) >= 11 is 8.93. The van der Waals surface area contributed by atoms with Gasteiger partial charge in [-0.3, -0.25) is 0 Å². The Kier molecular flexibility index (Phi) is 3.38. The van der Waals surface area contributed by atoms with Crippen LogP contribution in [0.15, 0.2) is 16.6 Å². The molecule has 0 bridgehead atoms. The lowest BCUT2D eigenvalue weighted by Crippen LogP contribution is -2.77. The minimum atomic E-state index is 0.0255. The summed E-state index contributed by atoms with van der Waals surface area (Å²) in [5, 5.41) is 13.9. The molecule has 0 fully saturated rings. The molecule has 66 valence electrons. The quantitative estimate of drug-likeness (QED) is 0.831. The van der Waals surface area contributed by atoms with E-state index in [4.69, 9.17) is 11.6 Å². The maximum absolute atomic E-state index is 11.4. The first-order chi connectivity index (χ1) is 5.65. The van der Waals surface area contributed by atoms with Crippen molar-refractivity contribution in [3.8, 4) is 5.75 Å². The van der Waals surface area contributed by atoms with Gasteiger partial charge in [0.05, 0.1) is 7.05 Å². The molecule has 0 saturated heterocycles. The van der Waals surface area contributed by atoms with E-state index in [-0.39, 0.29) is 5.75 Å². The van der Waals surface area contributed by atoms with Crippen LogP contribution in [0.5, 0.6) is 5.75 Å². The van der Waals surface area contributed by atoms with E-state index >= 15 is 0 Å². The molecule has 1 rings (SSSR count). The Morgan fingerprint density at radius 3 is 2.83 bits per heavy atom. The van der Waals surface area contributed by atoms with Crippen molar-refractivity contribution in [1.29, 1.82) is 0 Å². The van der Waals surface area contributed by atoms with E-state index < -0.39 is 0 Å². The van der Waals surface area contributed by atoms with Crippen molar-refractivity contribution in [1.82, 2.24) is 0 Å². The van der Waals surface area contributed by atoms with Gasteiger partial charge in [-0.2, -0.15) is 0 Å². The van der Waals surface area contributed by atoms with Crippen molar-refractivity contribution in [2.75, 3.05) is 7.05 Å². The fraction of sp³-hybridized carbons (Fsp3) is 0.250. The van der Waals surface area contributed by atoms with Crippen molar-refractivity contribution in [2.24, 2.45) is 0 Å². The van der Waals surface area contributed by atoms with Gasteiger partial charge in [0.15, 0.2) is 0 Å². The van der Waals surface area contributed by atoms with Gasteiger partial charge in [-0.25, -0.2) is 0 Å². The van der Waals surface area contributed by atoms with Crippen molar-refractivity contribution in [2.45, 2.75) is 6.54 Å². The number of hydrogen-bond acceptors (Lipinski definition) is 1. The molecule has 0 aromatic heterocycles. The average molecular weight is 251 g/mol. The zero-order chi connectivity index (χ0) is 9.14. The highest BCUT2D eigenvalue weighted by Crippen LogP contribution is 2.28.